The number of halogens is 4. The molecule has 0 aliphatic carbocycles. The lowest BCUT2D eigenvalue weighted by Gasteiger charge is -2.42. The van der Waals surface area contributed by atoms with Crippen molar-refractivity contribution >= 4 is 53.1 Å². The van der Waals surface area contributed by atoms with E-state index in [1.807, 2.05) is 0 Å². The number of anilines is 1. The molecular weight excluding hydrogens is 1090 g/mol. The summed E-state index contributed by atoms with van der Waals surface area (Å²) in [6.07, 6.45) is 1.46. The van der Waals surface area contributed by atoms with Gasteiger partial charge in [0.1, 0.15) is 48.2 Å². The van der Waals surface area contributed by atoms with Crippen molar-refractivity contribution in [1.82, 2.24) is 34.9 Å². The highest BCUT2D eigenvalue weighted by molar-refractivity contribution is 6.12. The van der Waals surface area contributed by atoms with Crippen LogP contribution in [0.5, 0.6) is 0 Å². The number of imide groups is 1. The van der Waals surface area contributed by atoms with Crippen LogP contribution in [0.15, 0.2) is 85.1 Å². The Morgan fingerprint density at radius 1 is 0.892 bits per heavy atom. The van der Waals surface area contributed by atoms with Crippen molar-refractivity contribution in [2.45, 2.75) is 123 Å². The number of urea groups is 1. The van der Waals surface area contributed by atoms with Gasteiger partial charge in [-0.15, -0.1) is 0 Å². The average Bonchev–Trinajstić information content (AvgIpc) is 2.93. The highest BCUT2D eigenvalue weighted by atomic mass is 19.1. The Morgan fingerprint density at radius 3 is 2.24 bits per heavy atom. The standard InChI is InChI=1S/C59H73F4N9O11/c1-35(2)52(68-49(75)15-8-7-9-25-71-50(76)22-23-51(71)77)48(74)27-39(13-11-24-65-57(64)80)55(78)66-43-19-16-37(17-20-43)34-83-58(81)70-30-40(46(63)32-70)31-72(56(79)36(3)73)53(59(4,5)82-6)54-67-47(44-28-42(61)18-21-45(44)62)33-69(54)29-38-12-10-14-41(60)26-38/h10,12,14,16-23,26,28,33,35-36,39-40,46,52-53,73H,7-9,11,13,15,24-25,27,29-32,34H2,1-6H3,(H,66,78)(H,68,75)(H3,64,65,80)/t36-,39-,40-,46-,52+,53-/m0/s1. The molecular formula is C59H73F4N9O11. The van der Waals surface area contributed by atoms with Crippen molar-refractivity contribution < 1.29 is 70.5 Å². The molecule has 0 saturated carbocycles. The number of methoxy groups -OCH3 is 1. The smallest absolute Gasteiger partial charge is 0.410 e. The maximum Gasteiger partial charge on any atom is 0.410 e. The predicted octanol–water partition coefficient (Wildman–Crippen LogP) is 6.89. The largest absolute Gasteiger partial charge is 0.445 e. The minimum Gasteiger partial charge on any atom is -0.445 e. The van der Waals surface area contributed by atoms with E-state index in [2.05, 4.69) is 16.0 Å². The van der Waals surface area contributed by atoms with E-state index >= 15 is 8.78 Å². The number of unbranched alkanes of at least 4 members (excludes halogenated alkanes) is 2. The lowest BCUT2D eigenvalue weighted by molar-refractivity contribution is -0.151. The Morgan fingerprint density at radius 2 is 1.59 bits per heavy atom. The molecule has 20 nitrogen and oxygen atoms in total. The number of imidazole rings is 1. The minimum atomic E-state index is -1.70. The highest BCUT2D eigenvalue weighted by Gasteiger charge is 2.46. The number of carbonyl (C=O) groups is 8. The average molecular weight is 1160 g/mol. The second kappa shape index (κ2) is 29.3. The van der Waals surface area contributed by atoms with Crippen LogP contribution in [0.1, 0.15) is 103 Å². The van der Waals surface area contributed by atoms with E-state index in [0.29, 0.717) is 42.5 Å². The molecule has 448 valence electrons. The number of nitrogens with zero attached hydrogens (tertiary/aromatic N) is 5. The topological polar surface area (TPSA) is 265 Å². The molecule has 6 N–H and O–H groups in total. The Balaban J connectivity index is 1.09. The van der Waals surface area contributed by atoms with Crippen molar-refractivity contribution in [2.24, 2.45) is 23.5 Å². The van der Waals surface area contributed by atoms with Crippen LogP contribution < -0.4 is 21.7 Å². The number of aliphatic hydroxyl groups is 1. The summed E-state index contributed by atoms with van der Waals surface area (Å²) in [4.78, 5) is 111. The van der Waals surface area contributed by atoms with Crippen LogP contribution in [0.3, 0.4) is 0 Å². The third-order valence-corrected chi connectivity index (χ3v) is 14.6. The SMILES string of the molecule is COC(C)(C)[C@H](c1nc(-c2cc(F)ccc2F)cn1Cc1cccc(F)c1)N(C[C@@H]1CN(C(=O)OCc2ccc(NC(=O)[C@@H](CCCNC(N)=O)CC(=O)[C@H](NC(=O)CCCCCN3C(=O)C=CC3=O)C(C)C)cc2)C[C@@H]1F)C(=O)[C@H](C)O. The number of nitrogens with one attached hydrogen (secondary N) is 3. The normalized spacial score (nSPS) is 16.6. The molecule has 0 bridgehead atoms. The third-order valence-electron chi connectivity index (χ3n) is 14.6. The monoisotopic (exact) mass is 1160 g/mol. The van der Waals surface area contributed by atoms with Crippen LogP contribution in [0, 0.1) is 35.2 Å². The molecule has 0 radical (unpaired) electrons. The molecule has 3 heterocycles. The third kappa shape index (κ3) is 17.8. The van der Waals surface area contributed by atoms with E-state index in [0.717, 1.165) is 28.0 Å². The quantitative estimate of drug-likeness (QED) is 0.0212. The molecule has 83 heavy (non-hydrogen) atoms. The summed E-state index contributed by atoms with van der Waals surface area (Å²) in [5.74, 6) is -7.17. The molecule has 1 fully saturated rings. The predicted molar refractivity (Wildman–Crippen MR) is 297 cm³/mol. The number of benzene rings is 3. The number of amides is 8. The van der Waals surface area contributed by atoms with Crippen LogP contribution in [0.4, 0.5) is 32.8 Å². The van der Waals surface area contributed by atoms with Gasteiger partial charge in [0.05, 0.1) is 23.9 Å². The van der Waals surface area contributed by atoms with Crippen molar-refractivity contribution in [3.63, 3.8) is 0 Å². The highest BCUT2D eigenvalue weighted by Crippen LogP contribution is 2.39. The number of ether oxygens (including phenoxy) is 2. The van der Waals surface area contributed by atoms with Gasteiger partial charge < -0.3 is 50.6 Å². The molecule has 24 heteroatoms. The van der Waals surface area contributed by atoms with Gasteiger partial charge >= 0.3 is 12.1 Å². The zero-order valence-corrected chi connectivity index (χ0v) is 47.4. The molecule has 1 saturated heterocycles. The number of ketones is 1. The Hall–Kier alpha value is -7.99. The van der Waals surface area contributed by atoms with Crippen LogP contribution in [0.25, 0.3) is 11.3 Å². The number of primary amides is 1. The minimum absolute atomic E-state index is 0.0392. The molecule has 3 aromatic carbocycles. The lowest BCUT2D eigenvalue weighted by Crippen LogP contribution is -2.52. The summed E-state index contributed by atoms with van der Waals surface area (Å²) in [7, 11) is 1.37. The molecule has 2 aliphatic heterocycles. The summed E-state index contributed by atoms with van der Waals surface area (Å²) in [6.45, 7) is 7.00. The molecule has 8 amide bonds. The fraction of sp³-hybridized carbons (Fsp3) is 0.475. The van der Waals surface area contributed by atoms with Crippen LogP contribution in [0.2, 0.25) is 0 Å². The van der Waals surface area contributed by atoms with Crippen LogP contribution >= 0.6 is 0 Å². The molecule has 6 rings (SSSR count). The summed E-state index contributed by atoms with van der Waals surface area (Å²) in [5, 5.41) is 18.9. The first-order valence-electron chi connectivity index (χ1n) is 27.5. The number of hydrogen-bond donors (Lipinski definition) is 5. The van der Waals surface area contributed by atoms with Crippen molar-refractivity contribution in [1.29, 1.82) is 0 Å². The van der Waals surface area contributed by atoms with Gasteiger partial charge in [-0.25, -0.2) is 32.1 Å². The molecule has 2 aliphatic rings. The maximum atomic E-state index is 16.3. The molecule has 0 spiro atoms. The van der Waals surface area contributed by atoms with E-state index < -0.39 is 89.7 Å². The zero-order valence-electron chi connectivity index (χ0n) is 47.4. The van der Waals surface area contributed by atoms with Gasteiger partial charge in [-0.1, -0.05) is 44.5 Å². The first-order chi connectivity index (χ1) is 39.3. The van der Waals surface area contributed by atoms with Crippen molar-refractivity contribution in [3.8, 4) is 11.3 Å². The van der Waals surface area contributed by atoms with Gasteiger partial charge in [-0.3, -0.25) is 33.7 Å². The number of rotatable bonds is 29. The maximum absolute atomic E-state index is 16.3. The zero-order chi connectivity index (χ0) is 60.7. The Kier molecular flexibility index (Phi) is 22.7. The number of carbonyl (C=O) groups excluding carboxylic acids is 8. The number of aromatic nitrogens is 2. The van der Waals surface area contributed by atoms with Gasteiger partial charge in [-0.05, 0) is 106 Å². The number of nitrogens with two attached hydrogens (primary N) is 1. The Bertz CT molecular complexity index is 2990. The van der Waals surface area contributed by atoms with E-state index in [9.17, 15) is 52.2 Å². The first-order valence-corrected chi connectivity index (χ1v) is 27.5. The number of aliphatic hydroxyl groups excluding tert-OH is 1. The van der Waals surface area contributed by atoms with Gasteiger partial charge in [0.2, 0.25) is 11.8 Å². The van der Waals surface area contributed by atoms with E-state index in [-0.39, 0.29) is 105 Å². The van der Waals surface area contributed by atoms with Crippen LogP contribution in [-0.2, 0) is 51.4 Å². The fourth-order valence-corrected chi connectivity index (χ4v) is 10.0. The number of Topliss-reactive ketones (excluding diaryl/α,β-unsaturated/α-hetero) is 1. The van der Waals surface area contributed by atoms with E-state index in [1.54, 1.807) is 58.0 Å². The second-order valence-corrected chi connectivity index (χ2v) is 21.7. The molecule has 4 aromatic rings. The number of alkyl halides is 1. The number of likely N-dealkylation sites (tertiary alicyclic amines) is 1. The summed E-state index contributed by atoms with van der Waals surface area (Å²) in [6, 6.07) is 11.8. The van der Waals surface area contributed by atoms with E-state index in [1.165, 1.54) is 60.0 Å². The fourth-order valence-electron chi connectivity index (χ4n) is 10.0. The molecule has 0 unspecified atom stereocenters. The van der Waals surface area contributed by atoms with Crippen LogP contribution in [-0.4, -0.2) is 141 Å². The van der Waals surface area contributed by atoms with Crippen molar-refractivity contribution in [3.05, 3.63) is 119 Å². The summed E-state index contributed by atoms with van der Waals surface area (Å²) in [5.41, 5.74) is 4.88. The van der Waals surface area contributed by atoms with Gasteiger partial charge in [-0.2, -0.15) is 0 Å². The van der Waals surface area contributed by atoms with Gasteiger partial charge in [0, 0.05) is 94.1 Å². The van der Waals surface area contributed by atoms with Crippen molar-refractivity contribution in [2.75, 3.05) is 45.2 Å². The summed E-state index contributed by atoms with van der Waals surface area (Å²) < 4.78 is 73.7. The first kappa shape index (κ1) is 64.2. The lowest BCUT2D eigenvalue weighted by atomic mass is 9.89. The second-order valence-electron chi connectivity index (χ2n) is 21.7. The molecule has 6 atom stereocenters. The van der Waals surface area contributed by atoms with Gasteiger partial charge in [0.15, 0.2) is 5.78 Å². The van der Waals surface area contributed by atoms with Gasteiger partial charge in [0.25, 0.3) is 17.7 Å². The summed E-state index contributed by atoms with van der Waals surface area (Å²) >= 11 is 0. The molecule has 1 aromatic heterocycles. The van der Waals surface area contributed by atoms with E-state index in [4.69, 9.17) is 20.2 Å². The number of hydrogen-bond acceptors (Lipinski definition) is 12. The Labute approximate surface area is 479 Å².